The number of hydrogen-bond acceptors (Lipinski definition) is 6. The summed E-state index contributed by atoms with van der Waals surface area (Å²) in [5.74, 6) is -1.53. The molecule has 2 unspecified atom stereocenters. The third-order valence-electron chi connectivity index (χ3n) is 5.01. The third-order valence-corrected chi connectivity index (χ3v) is 5.01. The zero-order valence-electron chi connectivity index (χ0n) is 16.5. The molecular formula is C22H22FNO6. The molecule has 7 nitrogen and oxygen atoms in total. The summed E-state index contributed by atoms with van der Waals surface area (Å²) in [7, 11) is 0. The molecule has 158 valence electrons. The Kier molecular flexibility index (Phi) is 6.37. The first-order valence-corrected chi connectivity index (χ1v) is 9.47. The first kappa shape index (κ1) is 21.3. The van der Waals surface area contributed by atoms with E-state index in [1.54, 1.807) is 0 Å². The van der Waals surface area contributed by atoms with Gasteiger partial charge in [-0.05, 0) is 42.3 Å². The quantitative estimate of drug-likeness (QED) is 0.510. The Morgan fingerprint density at radius 2 is 1.93 bits per heavy atom. The van der Waals surface area contributed by atoms with Gasteiger partial charge < -0.3 is 19.4 Å². The molecule has 0 saturated heterocycles. The number of rotatable bonds is 8. The summed E-state index contributed by atoms with van der Waals surface area (Å²) in [4.78, 5) is 24.3. The Morgan fingerprint density at radius 3 is 2.57 bits per heavy atom. The number of ether oxygens (including phenoxy) is 1. The van der Waals surface area contributed by atoms with Crippen molar-refractivity contribution >= 4 is 16.9 Å². The van der Waals surface area contributed by atoms with Crippen LogP contribution in [0.25, 0.3) is 11.0 Å². The molecule has 3 rings (SSSR count). The van der Waals surface area contributed by atoms with Gasteiger partial charge in [0.05, 0.1) is 10.9 Å². The van der Waals surface area contributed by atoms with Crippen LogP contribution in [-0.2, 0) is 11.3 Å². The van der Waals surface area contributed by atoms with Gasteiger partial charge in [-0.3, -0.25) is 14.9 Å². The van der Waals surface area contributed by atoms with Gasteiger partial charge in [-0.2, -0.15) is 0 Å². The summed E-state index contributed by atoms with van der Waals surface area (Å²) in [6.45, 7) is 3.69. The molecule has 0 aliphatic heterocycles. The summed E-state index contributed by atoms with van der Waals surface area (Å²) in [5.41, 5.74) is -0.0710. The highest BCUT2D eigenvalue weighted by molar-refractivity contribution is 5.83. The van der Waals surface area contributed by atoms with E-state index in [4.69, 9.17) is 9.15 Å². The number of carboxylic acid groups (broad SMARTS) is 1. The van der Waals surface area contributed by atoms with Crippen molar-refractivity contribution in [2.45, 2.75) is 32.9 Å². The summed E-state index contributed by atoms with van der Waals surface area (Å²) >= 11 is 0. The number of phenolic OH excluding ortho intramolecular Hbond substituents is 1. The molecule has 0 radical (unpaired) electrons. The van der Waals surface area contributed by atoms with E-state index in [1.807, 2.05) is 13.8 Å². The average molecular weight is 415 g/mol. The van der Waals surface area contributed by atoms with Crippen molar-refractivity contribution < 1.29 is 28.6 Å². The van der Waals surface area contributed by atoms with Gasteiger partial charge in [0.2, 0.25) is 11.2 Å². The molecule has 0 aliphatic rings. The van der Waals surface area contributed by atoms with Crippen LogP contribution < -0.4 is 15.5 Å². The Balaban J connectivity index is 1.93. The molecule has 0 aliphatic carbocycles. The van der Waals surface area contributed by atoms with E-state index in [0.29, 0.717) is 6.42 Å². The lowest BCUT2D eigenvalue weighted by molar-refractivity contribution is -0.140. The second-order valence-electron chi connectivity index (χ2n) is 7.01. The van der Waals surface area contributed by atoms with E-state index < -0.39 is 23.3 Å². The average Bonchev–Trinajstić information content (AvgIpc) is 2.72. The number of fused-ring (bicyclic) bond motifs is 1. The molecule has 2 aromatic carbocycles. The standard InChI is InChI=1S/C22H22FNO6/c1-3-12(2)19(22(27)28)24-10-16-17(25)9-8-15-20(26)18(11-29-21(15)16)30-14-6-4-13(23)5-7-14/h4-9,11-12,19,24-25H,3,10H2,1-2H3,(H,27,28). The van der Waals surface area contributed by atoms with Crippen LogP contribution >= 0.6 is 0 Å². The molecule has 0 spiro atoms. The van der Waals surface area contributed by atoms with E-state index in [1.165, 1.54) is 36.4 Å². The van der Waals surface area contributed by atoms with Gasteiger partial charge >= 0.3 is 5.97 Å². The lowest BCUT2D eigenvalue weighted by atomic mass is 9.99. The van der Waals surface area contributed by atoms with Gasteiger partial charge in [-0.15, -0.1) is 0 Å². The molecule has 1 aromatic heterocycles. The van der Waals surface area contributed by atoms with Crippen LogP contribution in [0.5, 0.6) is 17.2 Å². The van der Waals surface area contributed by atoms with Crippen LogP contribution in [0.15, 0.2) is 51.9 Å². The first-order chi connectivity index (χ1) is 14.3. The number of hydrogen-bond donors (Lipinski definition) is 3. The van der Waals surface area contributed by atoms with Crippen molar-refractivity contribution in [3.05, 3.63) is 64.3 Å². The second-order valence-corrected chi connectivity index (χ2v) is 7.01. The zero-order chi connectivity index (χ0) is 21.8. The van der Waals surface area contributed by atoms with Crippen molar-refractivity contribution in [2.75, 3.05) is 0 Å². The lowest BCUT2D eigenvalue weighted by Gasteiger charge is -2.20. The van der Waals surface area contributed by atoms with Gasteiger partial charge in [0.15, 0.2) is 0 Å². The van der Waals surface area contributed by atoms with Crippen LogP contribution in [0, 0.1) is 11.7 Å². The summed E-state index contributed by atoms with van der Waals surface area (Å²) in [6.07, 6.45) is 1.77. The lowest BCUT2D eigenvalue weighted by Crippen LogP contribution is -2.41. The van der Waals surface area contributed by atoms with Gasteiger partial charge in [0.1, 0.15) is 35.2 Å². The molecule has 3 N–H and O–H groups in total. The number of aliphatic carboxylic acids is 1. The van der Waals surface area contributed by atoms with E-state index in [-0.39, 0.29) is 46.2 Å². The van der Waals surface area contributed by atoms with Crippen LogP contribution in [-0.4, -0.2) is 22.2 Å². The number of carboxylic acids is 1. The maximum atomic E-state index is 13.0. The summed E-state index contributed by atoms with van der Waals surface area (Å²) < 4.78 is 24.1. The maximum absolute atomic E-state index is 13.0. The fraction of sp³-hybridized carbons (Fsp3) is 0.273. The normalized spacial score (nSPS) is 13.2. The molecule has 0 saturated carbocycles. The van der Waals surface area contributed by atoms with Crippen LogP contribution in [0.3, 0.4) is 0 Å². The second kappa shape index (κ2) is 8.96. The number of halogens is 1. The molecule has 30 heavy (non-hydrogen) atoms. The highest BCUT2D eigenvalue weighted by Crippen LogP contribution is 2.28. The van der Waals surface area contributed by atoms with Crippen LogP contribution in [0.4, 0.5) is 4.39 Å². The molecule has 0 bridgehead atoms. The highest BCUT2D eigenvalue weighted by Gasteiger charge is 2.24. The SMILES string of the molecule is CCC(C)C(NCc1c(O)ccc2c(=O)c(Oc3ccc(F)cc3)coc12)C(=O)O. The summed E-state index contributed by atoms with van der Waals surface area (Å²) in [5, 5.41) is 22.8. The van der Waals surface area contributed by atoms with Crippen LogP contribution in [0.2, 0.25) is 0 Å². The molecule has 3 aromatic rings. The highest BCUT2D eigenvalue weighted by atomic mass is 19.1. The minimum atomic E-state index is -1.000. The Hall–Kier alpha value is -3.39. The van der Waals surface area contributed by atoms with Crippen molar-refractivity contribution in [2.24, 2.45) is 5.92 Å². The Morgan fingerprint density at radius 1 is 1.23 bits per heavy atom. The van der Waals surface area contributed by atoms with Gasteiger partial charge in [-0.25, -0.2) is 4.39 Å². The van der Waals surface area contributed by atoms with E-state index in [0.717, 1.165) is 6.26 Å². The molecule has 2 atom stereocenters. The maximum Gasteiger partial charge on any atom is 0.320 e. The molecule has 0 fully saturated rings. The number of phenols is 1. The number of aromatic hydroxyl groups is 1. The van der Waals surface area contributed by atoms with E-state index >= 15 is 0 Å². The molecular weight excluding hydrogens is 393 g/mol. The fourth-order valence-corrected chi connectivity index (χ4v) is 3.08. The Labute approximate surface area is 171 Å². The fourth-order valence-electron chi connectivity index (χ4n) is 3.08. The molecule has 8 heteroatoms. The smallest absolute Gasteiger partial charge is 0.320 e. The minimum absolute atomic E-state index is 0.00835. The first-order valence-electron chi connectivity index (χ1n) is 9.47. The van der Waals surface area contributed by atoms with Gasteiger partial charge in [0, 0.05) is 6.54 Å². The Bertz CT molecular complexity index is 1110. The number of nitrogens with one attached hydrogen (secondary N) is 1. The number of carbonyl (C=O) groups is 1. The largest absolute Gasteiger partial charge is 0.507 e. The molecule has 0 amide bonds. The van der Waals surface area contributed by atoms with Gasteiger partial charge in [0.25, 0.3) is 0 Å². The van der Waals surface area contributed by atoms with E-state index in [9.17, 15) is 24.2 Å². The van der Waals surface area contributed by atoms with Crippen molar-refractivity contribution in [1.82, 2.24) is 5.32 Å². The third kappa shape index (κ3) is 4.44. The van der Waals surface area contributed by atoms with E-state index in [2.05, 4.69) is 5.32 Å². The summed E-state index contributed by atoms with van der Waals surface area (Å²) in [6, 6.07) is 7.10. The topological polar surface area (TPSA) is 109 Å². The van der Waals surface area contributed by atoms with Gasteiger partial charge in [-0.1, -0.05) is 20.3 Å². The van der Waals surface area contributed by atoms with Crippen molar-refractivity contribution in [3.63, 3.8) is 0 Å². The monoisotopic (exact) mass is 415 g/mol. The van der Waals surface area contributed by atoms with Crippen molar-refractivity contribution in [1.29, 1.82) is 0 Å². The van der Waals surface area contributed by atoms with Crippen molar-refractivity contribution in [3.8, 4) is 17.2 Å². The molecule has 1 heterocycles. The predicted octanol–water partition coefficient (Wildman–Crippen LogP) is 4.02. The number of benzene rings is 2. The minimum Gasteiger partial charge on any atom is -0.507 e. The van der Waals surface area contributed by atoms with Crippen LogP contribution in [0.1, 0.15) is 25.8 Å². The predicted molar refractivity (Wildman–Crippen MR) is 108 cm³/mol. The zero-order valence-corrected chi connectivity index (χ0v) is 16.5.